The highest BCUT2D eigenvalue weighted by Crippen LogP contribution is 2.27. The third-order valence-electron chi connectivity index (χ3n) is 5.04. The van der Waals surface area contributed by atoms with Crippen LogP contribution in [0.1, 0.15) is 25.7 Å². The van der Waals surface area contributed by atoms with Gasteiger partial charge in [0.2, 0.25) is 10.0 Å². The average Bonchev–Trinajstić information content (AvgIpc) is 3.25. The predicted molar refractivity (Wildman–Crippen MR) is 123 cm³/mol. The molecule has 0 bridgehead atoms. The second-order valence-electron chi connectivity index (χ2n) is 7.25. The van der Waals surface area contributed by atoms with E-state index in [1.807, 2.05) is 30.3 Å². The first-order valence-electron chi connectivity index (χ1n) is 10.2. The molecule has 33 heavy (non-hydrogen) atoms. The van der Waals surface area contributed by atoms with E-state index in [9.17, 15) is 18.0 Å². The number of ether oxygens (including phenoxy) is 1. The Labute approximate surface area is 195 Å². The minimum Gasteiger partial charge on any atom is -0.379 e. The number of aryl methyl sites for hydroxylation is 1. The molecule has 0 saturated carbocycles. The topological polar surface area (TPSA) is 118 Å². The summed E-state index contributed by atoms with van der Waals surface area (Å²) in [5, 5.41) is 0.710. The van der Waals surface area contributed by atoms with Gasteiger partial charge in [0.05, 0.1) is 23.8 Å². The van der Waals surface area contributed by atoms with Gasteiger partial charge in [-0.05, 0) is 31.2 Å². The Hall–Kier alpha value is -3.12. The maximum absolute atomic E-state index is 12.7. The fraction of sp³-hybridized carbons (Fsp3) is 0.227. The molecule has 2 aromatic carbocycles. The fourth-order valence-corrected chi connectivity index (χ4v) is 5.64. The Balaban J connectivity index is 1.39. The van der Waals surface area contributed by atoms with Crippen molar-refractivity contribution in [2.45, 2.75) is 11.8 Å². The molecule has 0 radical (unpaired) electrons. The maximum atomic E-state index is 12.7. The van der Waals surface area contributed by atoms with Crippen LogP contribution < -0.4 is 10.9 Å². The highest BCUT2D eigenvalue weighted by atomic mass is 32.2. The molecule has 1 aromatic heterocycles. The van der Waals surface area contributed by atoms with E-state index >= 15 is 0 Å². The van der Waals surface area contributed by atoms with E-state index in [0.29, 0.717) is 41.9 Å². The van der Waals surface area contributed by atoms with Crippen molar-refractivity contribution in [2.24, 2.45) is 0 Å². The van der Waals surface area contributed by atoms with Crippen LogP contribution in [0.2, 0.25) is 0 Å². The Bertz CT molecular complexity index is 1250. The highest BCUT2D eigenvalue weighted by molar-refractivity contribution is 7.89. The van der Waals surface area contributed by atoms with Crippen LogP contribution in [-0.2, 0) is 14.8 Å². The van der Waals surface area contributed by atoms with Crippen LogP contribution in [0.4, 0.5) is 0 Å². The monoisotopic (exact) mass is 486 g/mol. The summed E-state index contributed by atoms with van der Waals surface area (Å²) in [5.74, 6) is -1.05. The van der Waals surface area contributed by atoms with Crippen molar-refractivity contribution in [1.29, 1.82) is 0 Å². The number of aromatic nitrogens is 1. The third-order valence-corrected chi connectivity index (χ3v) is 8.16. The Morgan fingerprint density at radius 1 is 0.970 bits per heavy atom. The van der Waals surface area contributed by atoms with Gasteiger partial charge in [0.1, 0.15) is 9.88 Å². The molecule has 0 atom stereocenters. The lowest BCUT2D eigenvalue weighted by Crippen LogP contribution is -2.41. The number of hydrogen-bond acceptors (Lipinski definition) is 7. The van der Waals surface area contributed by atoms with Crippen molar-refractivity contribution < 1.29 is 22.7 Å². The molecule has 3 aromatic rings. The lowest BCUT2D eigenvalue weighted by molar-refractivity contribution is 0.0730. The summed E-state index contributed by atoms with van der Waals surface area (Å²) in [4.78, 5) is 29.9. The molecule has 0 unspecified atom stereocenters. The van der Waals surface area contributed by atoms with E-state index in [-0.39, 0.29) is 10.5 Å². The third kappa shape index (κ3) is 5.11. The summed E-state index contributed by atoms with van der Waals surface area (Å²) >= 11 is 1.23. The summed E-state index contributed by atoms with van der Waals surface area (Å²) in [6, 6.07) is 15.1. The van der Waals surface area contributed by atoms with Gasteiger partial charge in [-0.2, -0.15) is 4.31 Å². The molecule has 9 nitrogen and oxygen atoms in total. The predicted octanol–water partition coefficient (Wildman–Crippen LogP) is 2.21. The molecular weight excluding hydrogens is 464 g/mol. The van der Waals surface area contributed by atoms with Gasteiger partial charge in [-0.25, -0.2) is 13.4 Å². The van der Waals surface area contributed by atoms with E-state index in [4.69, 9.17) is 4.74 Å². The van der Waals surface area contributed by atoms with E-state index in [1.165, 1.54) is 39.9 Å². The second-order valence-corrected chi connectivity index (χ2v) is 10.2. The summed E-state index contributed by atoms with van der Waals surface area (Å²) in [5.41, 5.74) is 6.42. The van der Waals surface area contributed by atoms with Crippen molar-refractivity contribution in [3.05, 3.63) is 70.7 Å². The Kier molecular flexibility index (Phi) is 6.84. The normalized spacial score (nSPS) is 14.6. The molecule has 2 heterocycles. The van der Waals surface area contributed by atoms with Gasteiger partial charge >= 0.3 is 0 Å². The summed E-state index contributed by atoms with van der Waals surface area (Å²) < 4.78 is 31.9. The van der Waals surface area contributed by atoms with E-state index in [2.05, 4.69) is 15.8 Å². The van der Waals surface area contributed by atoms with E-state index in [0.717, 1.165) is 5.56 Å². The quantitative estimate of drug-likeness (QED) is 0.534. The number of nitrogens with one attached hydrogen (secondary N) is 2. The molecule has 1 aliphatic rings. The van der Waals surface area contributed by atoms with Gasteiger partial charge in [0.15, 0.2) is 0 Å². The standard InChI is InChI=1S/C22H22N4O5S2/c1-15-19(32-22(23-15)17-5-3-2-4-6-17)21(28)25-24-20(27)16-7-9-18(10-8-16)33(29,30)26-11-13-31-14-12-26/h2-10H,11-14H2,1H3,(H,24,27)(H,25,28). The number of hydrogen-bond donors (Lipinski definition) is 2. The summed E-state index contributed by atoms with van der Waals surface area (Å²) in [7, 11) is -3.65. The molecule has 1 aliphatic heterocycles. The Morgan fingerprint density at radius 2 is 1.61 bits per heavy atom. The van der Waals surface area contributed by atoms with Gasteiger partial charge in [0.25, 0.3) is 11.8 Å². The van der Waals surface area contributed by atoms with Crippen molar-refractivity contribution >= 4 is 33.2 Å². The molecule has 1 fully saturated rings. The first kappa shape index (κ1) is 23.1. The fourth-order valence-electron chi connectivity index (χ4n) is 3.27. The molecular formula is C22H22N4O5S2. The molecule has 4 rings (SSSR count). The number of nitrogens with zero attached hydrogens (tertiary/aromatic N) is 2. The lowest BCUT2D eigenvalue weighted by atomic mass is 10.2. The number of morpholine rings is 1. The van der Waals surface area contributed by atoms with Crippen molar-refractivity contribution in [2.75, 3.05) is 26.3 Å². The number of amides is 2. The molecule has 0 aliphatic carbocycles. The van der Waals surface area contributed by atoms with Crippen LogP contribution in [0.15, 0.2) is 59.5 Å². The van der Waals surface area contributed by atoms with Crippen LogP contribution in [0, 0.1) is 6.92 Å². The van der Waals surface area contributed by atoms with E-state index in [1.54, 1.807) is 6.92 Å². The summed E-state index contributed by atoms with van der Waals surface area (Å²) in [6.07, 6.45) is 0. The van der Waals surface area contributed by atoms with Gasteiger partial charge in [0, 0.05) is 24.2 Å². The van der Waals surface area contributed by atoms with Gasteiger partial charge in [-0.1, -0.05) is 30.3 Å². The number of hydrazine groups is 1. The van der Waals surface area contributed by atoms with Crippen molar-refractivity contribution in [3.63, 3.8) is 0 Å². The lowest BCUT2D eigenvalue weighted by Gasteiger charge is -2.26. The van der Waals surface area contributed by atoms with Crippen LogP contribution in [0.5, 0.6) is 0 Å². The van der Waals surface area contributed by atoms with Crippen LogP contribution in [0.25, 0.3) is 10.6 Å². The number of rotatable bonds is 5. The van der Waals surface area contributed by atoms with Crippen LogP contribution in [0.3, 0.4) is 0 Å². The second kappa shape index (κ2) is 9.79. The number of carbonyl (C=O) groups is 2. The number of carbonyl (C=O) groups excluding carboxylic acids is 2. The zero-order chi connectivity index (χ0) is 23.4. The molecule has 1 saturated heterocycles. The SMILES string of the molecule is Cc1nc(-c2ccccc2)sc1C(=O)NNC(=O)c1ccc(S(=O)(=O)N2CCOCC2)cc1. The average molecular weight is 487 g/mol. The minimum atomic E-state index is -3.65. The van der Waals surface area contributed by atoms with Gasteiger partial charge in [-0.15, -0.1) is 11.3 Å². The largest absolute Gasteiger partial charge is 0.379 e. The maximum Gasteiger partial charge on any atom is 0.281 e. The Morgan fingerprint density at radius 3 is 2.27 bits per heavy atom. The zero-order valence-corrected chi connectivity index (χ0v) is 19.4. The molecule has 172 valence electrons. The first-order valence-corrected chi connectivity index (χ1v) is 12.4. The number of thiazole rings is 1. The highest BCUT2D eigenvalue weighted by Gasteiger charge is 2.26. The zero-order valence-electron chi connectivity index (χ0n) is 17.8. The van der Waals surface area contributed by atoms with Crippen LogP contribution >= 0.6 is 11.3 Å². The molecule has 2 N–H and O–H groups in total. The van der Waals surface area contributed by atoms with E-state index < -0.39 is 21.8 Å². The molecule has 2 amide bonds. The van der Waals surface area contributed by atoms with Crippen LogP contribution in [-0.4, -0.2) is 55.8 Å². The minimum absolute atomic E-state index is 0.0960. The number of sulfonamides is 1. The number of benzene rings is 2. The van der Waals surface area contributed by atoms with Crippen molar-refractivity contribution in [1.82, 2.24) is 20.1 Å². The van der Waals surface area contributed by atoms with Gasteiger partial charge < -0.3 is 4.74 Å². The summed E-state index contributed by atoms with van der Waals surface area (Å²) in [6.45, 7) is 3.02. The first-order chi connectivity index (χ1) is 15.9. The van der Waals surface area contributed by atoms with Gasteiger partial charge in [-0.3, -0.25) is 20.4 Å². The smallest absolute Gasteiger partial charge is 0.281 e. The van der Waals surface area contributed by atoms with Crippen molar-refractivity contribution in [3.8, 4) is 10.6 Å². The molecule has 11 heteroatoms. The molecule has 0 spiro atoms.